The van der Waals surface area contributed by atoms with Gasteiger partial charge >= 0.3 is 0 Å². The number of amides is 2. The lowest BCUT2D eigenvalue weighted by Gasteiger charge is -2.40. The first-order chi connectivity index (χ1) is 15.5. The second-order valence-corrected chi connectivity index (χ2v) is 9.95. The van der Waals surface area contributed by atoms with Gasteiger partial charge in [-0.2, -0.15) is 0 Å². The molecule has 5 nitrogen and oxygen atoms in total. The number of nitrogens with zero attached hydrogens (tertiary/aromatic N) is 2. The van der Waals surface area contributed by atoms with Gasteiger partial charge in [0.1, 0.15) is 0 Å². The summed E-state index contributed by atoms with van der Waals surface area (Å²) in [4.78, 5) is 30.5. The summed E-state index contributed by atoms with van der Waals surface area (Å²) in [5, 5.41) is 3.20. The molecule has 1 aliphatic carbocycles. The van der Waals surface area contributed by atoms with Crippen LogP contribution in [0.1, 0.15) is 47.2 Å². The Morgan fingerprint density at radius 3 is 2.44 bits per heavy atom. The predicted molar refractivity (Wildman–Crippen MR) is 130 cm³/mol. The first kappa shape index (κ1) is 23.0. The van der Waals surface area contributed by atoms with Crippen molar-refractivity contribution in [1.29, 1.82) is 0 Å². The summed E-state index contributed by atoms with van der Waals surface area (Å²) >= 11 is 3.45. The maximum absolute atomic E-state index is 13.3. The van der Waals surface area contributed by atoms with Gasteiger partial charge in [0.25, 0.3) is 5.91 Å². The first-order valence-electron chi connectivity index (χ1n) is 11.6. The molecule has 1 N–H and O–H groups in total. The smallest absolute Gasteiger partial charge is 0.253 e. The number of carbonyl (C=O) groups is 2. The van der Waals surface area contributed by atoms with Gasteiger partial charge in [0.2, 0.25) is 5.91 Å². The molecule has 2 aromatic carbocycles. The number of rotatable bonds is 6. The first-order valence-corrected chi connectivity index (χ1v) is 12.4. The Hall–Kier alpha value is -2.18. The monoisotopic (exact) mass is 497 g/mol. The normalized spacial score (nSPS) is 18.5. The van der Waals surface area contributed by atoms with Crippen molar-refractivity contribution in [2.75, 3.05) is 26.2 Å². The highest BCUT2D eigenvalue weighted by Gasteiger charge is 2.37. The van der Waals surface area contributed by atoms with Crippen molar-refractivity contribution in [3.8, 4) is 0 Å². The van der Waals surface area contributed by atoms with Crippen LogP contribution in [0.2, 0.25) is 0 Å². The van der Waals surface area contributed by atoms with Crippen LogP contribution < -0.4 is 5.32 Å². The number of benzene rings is 2. The summed E-state index contributed by atoms with van der Waals surface area (Å²) < 4.78 is 0.911. The van der Waals surface area contributed by atoms with E-state index in [9.17, 15) is 9.59 Å². The fourth-order valence-corrected chi connectivity index (χ4v) is 5.47. The van der Waals surface area contributed by atoms with Crippen LogP contribution in [0.4, 0.5) is 0 Å². The Morgan fingerprint density at radius 2 is 1.75 bits per heavy atom. The fraction of sp³-hybridized carbons (Fsp3) is 0.462. The summed E-state index contributed by atoms with van der Waals surface area (Å²) in [6, 6.07) is 15.7. The summed E-state index contributed by atoms with van der Waals surface area (Å²) in [6.45, 7) is 5.41. The lowest BCUT2D eigenvalue weighted by Crippen LogP contribution is -2.57. The minimum absolute atomic E-state index is 0.0623. The van der Waals surface area contributed by atoms with E-state index in [0.717, 1.165) is 36.0 Å². The Balaban J connectivity index is 1.39. The molecule has 170 valence electrons. The van der Waals surface area contributed by atoms with Crippen LogP contribution in [0.5, 0.6) is 0 Å². The highest BCUT2D eigenvalue weighted by Crippen LogP contribution is 2.31. The molecule has 2 aliphatic rings. The largest absolute Gasteiger partial charge is 0.351 e. The Labute approximate surface area is 199 Å². The standard InChI is InChI=1S/C26H32BrN3O2/c1-19-6-4-7-20(16-19)18-28-25(31)24(21-8-2-3-9-21)29-12-14-30(15-13-29)26(32)22-10-5-11-23(27)17-22/h4-7,10-11,16-17,21,24H,2-3,8-9,12-15,18H2,1H3,(H,28,31)/t24-/m0/s1. The number of halogens is 1. The van der Waals surface area contributed by atoms with E-state index in [1.165, 1.54) is 18.4 Å². The Bertz CT molecular complexity index is 950. The molecule has 1 heterocycles. The predicted octanol–water partition coefficient (Wildman–Crippen LogP) is 4.39. The Kier molecular flexibility index (Phi) is 7.63. The average Bonchev–Trinajstić information content (AvgIpc) is 3.32. The number of nitrogens with one attached hydrogen (secondary N) is 1. The molecule has 1 aliphatic heterocycles. The fourth-order valence-electron chi connectivity index (χ4n) is 5.07. The number of hydrogen-bond acceptors (Lipinski definition) is 3. The quantitative estimate of drug-likeness (QED) is 0.643. The van der Waals surface area contributed by atoms with Crippen molar-refractivity contribution in [3.63, 3.8) is 0 Å². The van der Waals surface area contributed by atoms with Gasteiger partial charge in [0.05, 0.1) is 6.04 Å². The summed E-state index contributed by atoms with van der Waals surface area (Å²) in [6.07, 6.45) is 4.63. The Morgan fingerprint density at radius 1 is 1.03 bits per heavy atom. The van der Waals surface area contributed by atoms with Gasteiger partial charge in [-0.15, -0.1) is 0 Å². The van der Waals surface area contributed by atoms with Crippen molar-refractivity contribution in [2.45, 2.75) is 45.2 Å². The van der Waals surface area contributed by atoms with Crippen molar-refractivity contribution < 1.29 is 9.59 Å². The second-order valence-electron chi connectivity index (χ2n) is 9.03. The van der Waals surface area contributed by atoms with Crippen molar-refractivity contribution in [2.24, 2.45) is 5.92 Å². The number of hydrogen-bond donors (Lipinski definition) is 1. The van der Waals surface area contributed by atoms with Crippen LogP contribution >= 0.6 is 15.9 Å². The molecule has 4 rings (SSSR count). The second kappa shape index (κ2) is 10.6. The molecule has 32 heavy (non-hydrogen) atoms. The molecule has 0 spiro atoms. The molecule has 1 saturated heterocycles. The maximum atomic E-state index is 13.3. The van der Waals surface area contributed by atoms with Gasteiger partial charge in [0.15, 0.2) is 0 Å². The van der Waals surface area contributed by atoms with E-state index in [1.807, 2.05) is 35.2 Å². The molecular formula is C26H32BrN3O2. The van der Waals surface area contributed by atoms with Crippen molar-refractivity contribution in [1.82, 2.24) is 15.1 Å². The molecular weight excluding hydrogens is 466 g/mol. The highest BCUT2D eigenvalue weighted by atomic mass is 79.9. The number of aryl methyl sites for hydroxylation is 1. The van der Waals surface area contributed by atoms with E-state index < -0.39 is 0 Å². The van der Waals surface area contributed by atoms with Gasteiger partial charge in [-0.1, -0.05) is 64.7 Å². The third-order valence-corrected chi connectivity index (χ3v) is 7.22. The molecule has 1 saturated carbocycles. The molecule has 0 radical (unpaired) electrons. The summed E-state index contributed by atoms with van der Waals surface area (Å²) in [7, 11) is 0. The van der Waals surface area contributed by atoms with Gasteiger partial charge in [-0.3, -0.25) is 14.5 Å². The van der Waals surface area contributed by atoms with E-state index in [0.29, 0.717) is 31.1 Å². The van der Waals surface area contributed by atoms with Gasteiger partial charge in [-0.25, -0.2) is 0 Å². The SMILES string of the molecule is Cc1cccc(CNC(=O)[C@H](C2CCCC2)N2CCN(C(=O)c3cccc(Br)c3)CC2)c1. The van der Waals surface area contributed by atoms with Crippen molar-refractivity contribution in [3.05, 3.63) is 69.7 Å². The van der Waals surface area contributed by atoms with Crippen LogP contribution in [0.15, 0.2) is 53.0 Å². The third-order valence-electron chi connectivity index (χ3n) is 6.73. The van der Waals surface area contributed by atoms with Crippen LogP contribution in [-0.2, 0) is 11.3 Å². The van der Waals surface area contributed by atoms with E-state index in [-0.39, 0.29) is 17.9 Å². The lowest BCUT2D eigenvalue weighted by molar-refractivity contribution is -0.129. The average molecular weight is 498 g/mol. The maximum Gasteiger partial charge on any atom is 0.253 e. The molecule has 0 bridgehead atoms. The van der Waals surface area contributed by atoms with E-state index >= 15 is 0 Å². The zero-order valence-electron chi connectivity index (χ0n) is 18.7. The molecule has 2 fully saturated rings. The number of carbonyl (C=O) groups excluding carboxylic acids is 2. The van der Waals surface area contributed by atoms with E-state index in [1.54, 1.807) is 0 Å². The molecule has 0 unspecified atom stereocenters. The molecule has 1 atom stereocenters. The molecule has 6 heteroatoms. The zero-order chi connectivity index (χ0) is 22.5. The summed E-state index contributed by atoms with van der Waals surface area (Å²) in [5.74, 6) is 0.595. The molecule has 2 aromatic rings. The molecule has 0 aromatic heterocycles. The van der Waals surface area contributed by atoms with Gasteiger partial charge in [0, 0.05) is 42.8 Å². The van der Waals surface area contributed by atoms with Gasteiger partial charge in [-0.05, 0) is 49.4 Å². The van der Waals surface area contributed by atoms with Crippen molar-refractivity contribution >= 4 is 27.7 Å². The highest BCUT2D eigenvalue weighted by molar-refractivity contribution is 9.10. The minimum Gasteiger partial charge on any atom is -0.351 e. The molecule has 2 amide bonds. The number of piperazine rings is 1. The summed E-state index contributed by atoms with van der Waals surface area (Å²) in [5.41, 5.74) is 3.04. The minimum atomic E-state index is -0.106. The topological polar surface area (TPSA) is 52.7 Å². The van der Waals surface area contributed by atoms with E-state index in [4.69, 9.17) is 0 Å². The van der Waals surface area contributed by atoms with Crippen LogP contribution in [0.3, 0.4) is 0 Å². The van der Waals surface area contributed by atoms with E-state index in [2.05, 4.69) is 51.3 Å². The van der Waals surface area contributed by atoms with Gasteiger partial charge < -0.3 is 10.2 Å². The third kappa shape index (κ3) is 5.59. The lowest BCUT2D eigenvalue weighted by atomic mass is 9.94. The van der Waals surface area contributed by atoms with Crippen LogP contribution in [0.25, 0.3) is 0 Å². The van der Waals surface area contributed by atoms with Crippen LogP contribution in [0, 0.1) is 12.8 Å². The van der Waals surface area contributed by atoms with Crippen LogP contribution in [-0.4, -0.2) is 53.8 Å². The zero-order valence-corrected chi connectivity index (χ0v) is 20.3.